The molecule has 2 heterocycles. The molecule has 0 saturated heterocycles. The molecule has 0 fully saturated rings. The summed E-state index contributed by atoms with van der Waals surface area (Å²) in [6, 6.07) is 17.3. The zero-order chi connectivity index (χ0) is 24.5. The van der Waals surface area contributed by atoms with Crippen LogP contribution in [0.4, 0.5) is 13.2 Å². The van der Waals surface area contributed by atoms with Gasteiger partial charge in [0.1, 0.15) is 0 Å². The number of nitrogens with one attached hydrogen (secondary N) is 1. The van der Waals surface area contributed by atoms with E-state index in [2.05, 4.69) is 20.4 Å². The second-order valence-corrected chi connectivity index (χ2v) is 8.23. The van der Waals surface area contributed by atoms with E-state index in [9.17, 15) is 18.0 Å². The Balaban J connectivity index is 1.54. The van der Waals surface area contributed by atoms with Gasteiger partial charge in [-0.1, -0.05) is 60.2 Å². The lowest BCUT2D eigenvalue weighted by Crippen LogP contribution is -2.29. The lowest BCUT2D eigenvalue weighted by molar-refractivity contribution is -0.144. The van der Waals surface area contributed by atoms with Crippen molar-refractivity contribution in [3.63, 3.8) is 0 Å². The second kappa shape index (κ2) is 9.24. The summed E-state index contributed by atoms with van der Waals surface area (Å²) in [5.74, 6) is -1.52. The third kappa shape index (κ3) is 4.93. The van der Waals surface area contributed by atoms with Gasteiger partial charge in [0.15, 0.2) is 0 Å². The quantitative estimate of drug-likeness (QED) is 0.438. The molecule has 0 aliphatic heterocycles. The number of hydrogen-bond donors (Lipinski definition) is 1. The Morgan fingerprint density at radius 1 is 0.971 bits per heavy atom. The number of carbonyl (C=O) groups is 1. The van der Waals surface area contributed by atoms with Crippen LogP contribution in [-0.2, 0) is 17.4 Å². The van der Waals surface area contributed by atoms with Crippen LogP contribution in [0.3, 0.4) is 0 Å². The smallest absolute Gasteiger partial charge is 0.345 e. The first-order chi connectivity index (χ1) is 16.1. The van der Waals surface area contributed by atoms with Gasteiger partial charge >= 0.3 is 6.18 Å². The molecular weight excluding hydrogens is 443 g/mol. The van der Waals surface area contributed by atoms with E-state index in [1.54, 1.807) is 13.8 Å². The van der Waals surface area contributed by atoms with Gasteiger partial charge in [-0.25, -0.2) is 9.50 Å². The summed E-state index contributed by atoms with van der Waals surface area (Å²) in [6.45, 7) is 5.35. The van der Waals surface area contributed by atoms with Gasteiger partial charge in [-0.15, -0.1) is 5.10 Å². The minimum atomic E-state index is -4.66. The van der Waals surface area contributed by atoms with Gasteiger partial charge in [0.05, 0.1) is 6.04 Å². The van der Waals surface area contributed by atoms with Gasteiger partial charge in [-0.3, -0.25) is 4.79 Å². The van der Waals surface area contributed by atoms with Gasteiger partial charge in [0.25, 0.3) is 11.6 Å². The number of halogens is 3. The van der Waals surface area contributed by atoms with Gasteiger partial charge < -0.3 is 5.32 Å². The van der Waals surface area contributed by atoms with E-state index in [4.69, 9.17) is 0 Å². The third-order valence-electron chi connectivity index (χ3n) is 5.75. The van der Waals surface area contributed by atoms with Crippen LogP contribution < -0.4 is 5.32 Å². The molecule has 4 rings (SSSR count). The zero-order valence-corrected chi connectivity index (χ0v) is 19.0. The van der Waals surface area contributed by atoms with E-state index in [-0.39, 0.29) is 24.1 Å². The molecule has 2 aromatic heterocycles. The van der Waals surface area contributed by atoms with Gasteiger partial charge in [-0.05, 0) is 43.9 Å². The van der Waals surface area contributed by atoms with Crippen molar-refractivity contribution in [1.29, 1.82) is 0 Å². The van der Waals surface area contributed by atoms with Crippen molar-refractivity contribution in [2.24, 2.45) is 0 Å². The van der Waals surface area contributed by atoms with Crippen molar-refractivity contribution in [2.45, 2.75) is 45.8 Å². The average molecular weight is 467 g/mol. The number of nitrogens with zero attached hydrogens (tertiary/aromatic N) is 4. The van der Waals surface area contributed by atoms with E-state index in [0.29, 0.717) is 23.4 Å². The Labute approximate surface area is 194 Å². The van der Waals surface area contributed by atoms with Crippen LogP contribution in [0.25, 0.3) is 5.78 Å². The molecule has 9 heteroatoms. The highest BCUT2D eigenvalue weighted by Gasteiger charge is 2.37. The molecular formula is C25H24F3N5O. The highest BCUT2D eigenvalue weighted by atomic mass is 19.4. The van der Waals surface area contributed by atoms with Gasteiger partial charge in [-0.2, -0.15) is 18.2 Å². The van der Waals surface area contributed by atoms with Crippen molar-refractivity contribution >= 4 is 11.7 Å². The standard InChI is InChI=1S/C25H24F3N5O/c1-15-9-11-19(12-10-15)22(18-7-5-4-6-8-18)30-21(34)14-13-20-16(2)29-24-31-23(25(26,27)28)32-33(24)17(20)3/h4-12,22H,13-14H2,1-3H3,(H,30,34). The number of carbonyl (C=O) groups excluding carboxylic acids is 1. The summed E-state index contributed by atoms with van der Waals surface area (Å²) in [6.07, 6.45) is -4.20. The fourth-order valence-electron chi connectivity index (χ4n) is 3.93. The molecule has 0 spiro atoms. The number of rotatable bonds is 6. The molecule has 0 aliphatic carbocycles. The molecule has 1 N–H and O–H groups in total. The number of amides is 1. The lowest BCUT2D eigenvalue weighted by atomic mass is 9.97. The number of benzene rings is 2. The minimum Gasteiger partial charge on any atom is -0.345 e. The normalized spacial score (nSPS) is 12.6. The molecule has 176 valence electrons. The predicted octanol–water partition coefficient (Wildman–Crippen LogP) is 4.91. The van der Waals surface area contributed by atoms with Crippen molar-refractivity contribution in [2.75, 3.05) is 0 Å². The summed E-state index contributed by atoms with van der Waals surface area (Å²) < 4.78 is 40.1. The van der Waals surface area contributed by atoms with Gasteiger partial charge in [0.2, 0.25) is 5.91 Å². The van der Waals surface area contributed by atoms with Crippen LogP contribution in [0.2, 0.25) is 0 Å². The monoisotopic (exact) mass is 467 g/mol. The maximum Gasteiger partial charge on any atom is 0.453 e. The third-order valence-corrected chi connectivity index (χ3v) is 5.75. The van der Waals surface area contributed by atoms with Crippen LogP contribution in [0.1, 0.15) is 51.9 Å². The van der Waals surface area contributed by atoms with Crippen LogP contribution in [0.5, 0.6) is 0 Å². The molecule has 4 aromatic rings. The van der Waals surface area contributed by atoms with E-state index >= 15 is 0 Å². The first kappa shape index (κ1) is 23.4. The molecule has 1 amide bonds. The Morgan fingerprint density at radius 2 is 1.62 bits per heavy atom. The zero-order valence-electron chi connectivity index (χ0n) is 19.0. The highest BCUT2D eigenvalue weighted by molar-refractivity contribution is 5.77. The van der Waals surface area contributed by atoms with E-state index in [1.807, 2.05) is 61.5 Å². The van der Waals surface area contributed by atoms with Crippen molar-refractivity contribution in [1.82, 2.24) is 24.9 Å². The molecule has 34 heavy (non-hydrogen) atoms. The number of alkyl halides is 3. The molecule has 0 saturated carbocycles. The van der Waals surface area contributed by atoms with Crippen LogP contribution in [-0.4, -0.2) is 25.5 Å². The topological polar surface area (TPSA) is 72.2 Å². The molecule has 0 bridgehead atoms. The van der Waals surface area contributed by atoms with Crippen molar-refractivity contribution in [3.05, 3.63) is 94.1 Å². The second-order valence-electron chi connectivity index (χ2n) is 8.23. The maximum atomic E-state index is 13.0. The summed E-state index contributed by atoms with van der Waals surface area (Å²) in [5.41, 5.74) is 4.72. The largest absolute Gasteiger partial charge is 0.453 e. The lowest BCUT2D eigenvalue weighted by Gasteiger charge is -2.20. The fraction of sp³-hybridized carbons (Fsp3) is 0.280. The molecule has 1 unspecified atom stereocenters. The van der Waals surface area contributed by atoms with Gasteiger partial charge in [0, 0.05) is 17.8 Å². The summed E-state index contributed by atoms with van der Waals surface area (Å²) >= 11 is 0. The average Bonchev–Trinajstić information content (AvgIpc) is 3.23. The van der Waals surface area contributed by atoms with E-state index in [0.717, 1.165) is 21.2 Å². The van der Waals surface area contributed by atoms with Crippen LogP contribution in [0.15, 0.2) is 54.6 Å². The Morgan fingerprint density at radius 3 is 2.26 bits per heavy atom. The van der Waals surface area contributed by atoms with Crippen molar-refractivity contribution < 1.29 is 18.0 Å². The Hall–Kier alpha value is -3.75. The molecule has 2 aromatic carbocycles. The Bertz CT molecular complexity index is 1310. The molecule has 0 radical (unpaired) electrons. The molecule has 1 atom stereocenters. The van der Waals surface area contributed by atoms with Crippen molar-refractivity contribution in [3.8, 4) is 0 Å². The predicted molar refractivity (Wildman–Crippen MR) is 121 cm³/mol. The van der Waals surface area contributed by atoms with Crippen LogP contribution >= 0.6 is 0 Å². The maximum absolute atomic E-state index is 13.0. The first-order valence-electron chi connectivity index (χ1n) is 10.8. The number of fused-ring (bicyclic) bond motifs is 1. The summed E-state index contributed by atoms with van der Waals surface area (Å²) in [5, 5.41) is 6.66. The first-order valence-corrected chi connectivity index (χ1v) is 10.8. The number of aryl methyl sites for hydroxylation is 3. The minimum absolute atomic E-state index is 0.112. The van der Waals surface area contributed by atoms with E-state index < -0.39 is 12.0 Å². The highest BCUT2D eigenvalue weighted by Crippen LogP contribution is 2.27. The molecule has 6 nitrogen and oxygen atoms in total. The SMILES string of the molecule is Cc1ccc(C(NC(=O)CCc2c(C)nc3nc(C(F)(F)F)nn3c2C)c2ccccc2)cc1. The number of hydrogen-bond acceptors (Lipinski definition) is 4. The summed E-state index contributed by atoms with van der Waals surface area (Å²) in [4.78, 5) is 20.6. The fourth-order valence-corrected chi connectivity index (χ4v) is 3.93. The van der Waals surface area contributed by atoms with E-state index in [1.165, 1.54) is 0 Å². The molecule has 0 aliphatic rings. The Kier molecular flexibility index (Phi) is 6.37. The summed E-state index contributed by atoms with van der Waals surface area (Å²) in [7, 11) is 0. The number of aromatic nitrogens is 4. The van der Waals surface area contributed by atoms with Crippen LogP contribution in [0, 0.1) is 20.8 Å².